The number of rotatable bonds is 4. The first kappa shape index (κ1) is 18.3. The molecule has 0 aromatic carbocycles. The van der Waals surface area contributed by atoms with Crippen LogP contribution in [0.15, 0.2) is 12.2 Å². The van der Waals surface area contributed by atoms with E-state index in [2.05, 4.69) is 30.9 Å². The monoisotopic (exact) mass is 347 g/mol. The Morgan fingerprint density at radius 1 is 1.12 bits per heavy atom. The Kier molecular flexibility index (Phi) is 5.40. The third kappa shape index (κ3) is 3.85. The number of allylic oxidation sites excluding steroid dienone is 2. The molecule has 3 amide bonds. The Hall–Kier alpha value is -1.52. The summed E-state index contributed by atoms with van der Waals surface area (Å²) >= 11 is 0. The van der Waals surface area contributed by atoms with Crippen molar-refractivity contribution < 1.29 is 9.59 Å². The maximum absolute atomic E-state index is 13.1. The van der Waals surface area contributed by atoms with Crippen molar-refractivity contribution in [2.75, 3.05) is 33.7 Å². The highest BCUT2D eigenvalue weighted by Crippen LogP contribution is 2.44. The van der Waals surface area contributed by atoms with E-state index < -0.39 is 0 Å². The molecule has 3 rings (SSSR count). The second-order valence-electron chi connectivity index (χ2n) is 8.56. The number of amides is 3. The third-order valence-corrected chi connectivity index (χ3v) is 6.25. The fourth-order valence-electron chi connectivity index (χ4n) is 4.75. The van der Waals surface area contributed by atoms with E-state index >= 15 is 0 Å². The molecule has 5 heteroatoms. The number of hydrogen-bond acceptors (Lipinski definition) is 2. The molecular weight excluding hydrogens is 314 g/mol. The minimum atomic E-state index is 0.0559. The maximum Gasteiger partial charge on any atom is 0.319 e. The highest BCUT2D eigenvalue weighted by atomic mass is 16.2. The molecule has 0 aromatic heterocycles. The van der Waals surface area contributed by atoms with Crippen LogP contribution in [0.25, 0.3) is 0 Å². The minimum absolute atomic E-state index is 0.0559. The molecule has 2 bridgehead atoms. The van der Waals surface area contributed by atoms with Crippen LogP contribution in [-0.4, -0.2) is 66.4 Å². The van der Waals surface area contributed by atoms with Gasteiger partial charge in [0, 0.05) is 45.7 Å². The molecule has 0 unspecified atom stereocenters. The van der Waals surface area contributed by atoms with Gasteiger partial charge < -0.3 is 14.7 Å². The first-order valence-electron chi connectivity index (χ1n) is 9.81. The Balaban J connectivity index is 1.56. The smallest absolute Gasteiger partial charge is 0.319 e. The van der Waals surface area contributed by atoms with Crippen LogP contribution in [0.1, 0.15) is 39.5 Å². The second-order valence-corrected chi connectivity index (χ2v) is 8.56. The van der Waals surface area contributed by atoms with Crippen LogP contribution in [0.5, 0.6) is 0 Å². The zero-order valence-electron chi connectivity index (χ0n) is 16.1. The van der Waals surface area contributed by atoms with E-state index in [0.29, 0.717) is 30.8 Å². The summed E-state index contributed by atoms with van der Waals surface area (Å²) in [5.41, 5.74) is 0. The van der Waals surface area contributed by atoms with Crippen LogP contribution in [0.3, 0.4) is 0 Å². The second kappa shape index (κ2) is 7.38. The Bertz CT molecular complexity index is 535. The molecule has 0 spiro atoms. The average Bonchev–Trinajstić information content (AvgIpc) is 3.21. The van der Waals surface area contributed by atoms with Crippen molar-refractivity contribution in [3.63, 3.8) is 0 Å². The van der Waals surface area contributed by atoms with Gasteiger partial charge in [-0.1, -0.05) is 12.2 Å². The molecule has 3 aliphatic rings. The maximum atomic E-state index is 13.1. The molecule has 1 saturated heterocycles. The molecule has 0 radical (unpaired) electrons. The fourth-order valence-corrected chi connectivity index (χ4v) is 4.75. The fraction of sp³-hybridized carbons (Fsp3) is 0.800. The van der Waals surface area contributed by atoms with Crippen LogP contribution < -0.4 is 0 Å². The van der Waals surface area contributed by atoms with Gasteiger partial charge >= 0.3 is 6.03 Å². The molecule has 1 heterocycles. The Morgan fingerprint density at radius 2 is 1.80 bits per heavy atom. The standard InChI is InChI=1S/C20H33N3O2/c1-14(2)23(13-18-12-15-5-6-17(18)11-15)19(24)16-7-9-22(10-8-16)20(25)21(3)4/h5-6,14-18H,7-13H2,1-4H3/t15-,17-,18-/m0/s1. The van der Waals surface area contributed by atoms with Gasteiger partial charge in [0.05, 0.1) is 0 Å². The SMILES string of the molecule is CC(C)N(C[C@@H]1C[C@H]2C=C[C@H]1C2)C(=O)C1CCN(C(=O)N(C)C)CC1. The van der Waals surface area contributed by atoms with Gasteiger partial charge in [-0.05, 0) is 57.3 Å². The summed E-state index contributed by atoms with van der Waals surface area (Å²) in [6.07, 6.45) is 8.84. The number of nitrogens with zero attached hydrogens (tertiary/aromatic N) is 3. The van der Waals surface area contributed by atoms with Crippen LogP contribution in [0.2, 0.25) is 0 Å². The van der Waals surface area contributed by atoms with E-state index in [0.717, 1.165) is 25.3 Å². The Morgan fingerprint density at radius 3 is 2.28 bits per heavy atom. The van der Waals surface area contributed by atoms with E-state index in [4.69, 9.17) is 0 Å². The van der Waals surface area contributed by atoms with E-state index in [9.17, 15) is 9.59 Å². The van der Waals surface area contributed by atoms with Crippen molar-refractivity contribution in [2.45, 2.75) is 45.6 Å². The summed E-state index contributed by atoms with van der Waals surface area (Å²) < 4.78 is 0. The topological polar surface area (TPSA) is 43.9 Å². The molecule has 0 N–H and O–H groups in total. The average molecular weight is 348 g/mol. The van der Waals surface area contributed by atoms with E-state index in [1.54, 1.807) is 19.0 Å². The normalized spacial score (nSPS) is 28.7. The largest absolute Gasteiger partial charge is 0.340 e. The third-order valence-electron chi connectivity index (χ3n) is 6.25. The van der Waals surface area contributed by atoms with Crippen molar-refractivity contribution in [2.24, 2.45) is 23.7 Å². The van der Waals surface area contributed by atoms with Crippen molar-refractivity contribution in [3.05, 3.63) is 12.2 Å². The number of fused-ring (bicyclic) bond motifs is 2. The molecule has 5 nitrogen and oxygen atoms in total. The van der Waals surface area contributed by atoms with E-state index in [-0.39, 0.29) is 18.0 Å². The highest BCUT2D eigenvalue weighted by Gasteiger charge is 2.39. The predicted molar refractivity (Wildman–Crippen MR) is 99.1 cm³/mol. The molecule has 1 aliphatic heterocycles. The number of carbonyl (C=O) groups excluding carboxylic acids is 2. The molecule has 2 fully saturated rings. The van der Waals surface area contributed by atoms with Gasteiger partial charge in [-0.15, -0.1) is 0 Å². The summed E-state index contributed by atoms with van der Waals surface area (Å²) in [4.78, 5) is 30.8. The first-order chi connectivity index (χ1) is 11.9. The summed E-state index contributed by atoms with van der Waals surface area (Å²) in [7, 11) is 3.56. The van der Waals surface area contributed by atoms with Gasteiger partial charge in [-0.2, -0.15) is 0 Å². The molecule has 0 aromatic rings. The summed E-state index contributed by atoms with van der Waals surface area (Å²) in [6, 6.07) is 0.303. The van der Waals surface area contributed by atoms with Gasteiger partial charge in [0.15, 0.2) is 0 Å². The lowest BCUT2D eigenvalue weighted by molar-refractivity contribution is -0.139. The summed E-state index contributed by atoms with van der Waals surface area (Å²) in [5.74, 6) is 2.44. The van der Waals surface area contributed by atoms with Gasteiger partial charge in [0.1, 0.15) is 0 Å². The first-order valence-corrected chi connectivity index (χ1v) is 9.81. The molecule has 2 aliphatic carbocycles. The van der Waals surface area contributed by atoms with Crippen LogP contribution in [0.4, 0.5) is 4.79 Å². The molecule has 140 valence electrons. The predicted octanol–water partition coefficient (Wildman–Crippen LogP) is 2.83. The van der Waals surface area contributed by atoms with E-state index in [1.165, 1.54) is 12.8 Å². The molecular formula is C20H33N3O2. The lowest BCUT2D eigenvalue weighted by Gasteiger charge is -2.38. The van der Waals surface area contributed by atoms with Gasteiger partial charge in [-0.25, -0.2) is 4.79 Å². The quantitative estimate of drug-likeness (QED) is 0.734. The van der Waals surface area contributed by atoms with Crippen molar-refractivity contribution in [3.8, 4) is 0 Å². The van der Waals surface area contributed by atoms with Crippen molar-refractivity contribution in [1.29, 1.82) is 0 Å². The lowest BCUT2D eigenvalue weighted by atomic mass is 9.90. The number of hydrogen-bond donors (Lipinski definition) is 0. The van der Waals surface area contributed by atoms with Crippen molar-refractivity contribution >= 4 is 11.9 Å². The van der Waals surface area contributed by atoms with Gasteiger partial charge in [0.2, 0.25) is 5.91 Å². The van der Waals surface area contributed by atoms with Gasteiger partial charge in [0.25, 0.3) is 0 Å². The zero-order chi connectivity index (χ0) is 18.1. The highest BCUT2D eigenvalue weighted by molar-refractivity contribution is 5.80. The molecule has 3 atom stereocenters. The minimum Gasteiger partial charge on any atom is -0.340 e. The number of urea groups is 1. The number of carbonyl (C=O) groups is 2. The lowest BCUT2D eigenvalue weighted by Crippen LogP contribution is -2.49. The van der Waals surface area contributed by atoms with Crippen LogP contribution in [-0.2, 0) is 4.79 Å². The summed E-state index contributed by atoms with van der Waals surface area (Å²) in [6.45, 7) is 6.54. The molecule has 25 heavy (non-hydrogen) atoms. The van der Waals surface area contributed by atoms with Crippen molar-refractivity contribution in [1.82, 2.24) is 14.7 Å². The van der Waals surface area contributed by atoms with E-state index in [1.807, 2.05) is 4.90 Å². The van der Waals surface area contributed by atoms with Crippen LogP contribution >= 0.6 is 0 Å². The number of piperidine rings is 1. The van der Waals surface area contributed by atoms with Gasteiger partial charge in [-0.3, -0.25) is 4.79 Å². The number of likely N-dealkylation sites (tertiary alicyclic amines) is 1. The Labute approximate surface area is 152 Å². The molecule has 1 saturated carbocycles. The van der Waals surface area contributed by atoms with Crippen LogP contribution in [0, 0.1) is 23.7 Å². The summed E-state index contributed by atoms with van der Waals surface area (Å²) in [5, 5.41) is 0. The zero-order valence-corrected chi connectivity index (χ0v) is 16.1.